The number of sulfonamides is 1. The lowest BCUT2D eigenvalue weighted by atomic mass is 10.2. The zero-order valence-corrected chi connectivity index (χ0v) is 16.0. The van der Waals surface area contributed by atoms with Crippen molar-refractivity contribution in [2.24, 2.45) is 0 Å². The van der Waals surface area contributed by atoms with E-state index in [1.54, 1.807) is 31.3 Å². The van der Waals surface area contributed by atoms with Gasteiger partial charge in [-0.25, -0.2) is 8.42 Å². The van der Waals surface area contributed by atoms with Crippen molar-refractivity contribution in [2.75, 3.05) is 19.7 Å². The first-order chi connectivity index (χ1) is 13.0. The molecule has 8 heteroatoms. The summed E-state index contributed by atoms with van der Waals surface area (Å²) in [7, 11) is -3.70. The highest BCUT2D eigenvalue weighted by atomic mass is 32.2. The first-order valence-corrected chi connectivity index (χ1v) is 10.4. The van der Waals surface area contributed by atoms with E-state index in [0.717, 1.165) is 18.5 Å². The van der Waals surface area contributed by atoms with Crippen LogP contribution >= 0.6 is 0 Å². The summed E-state index contributed by atoms with van der Waals surface area (Å²) in [5.41, 5.74) is 0.994. The lowest BCUT2D eigenvalue weighted by Gasteiger charge is -2.19. The average molecular weight is 389 g/mol. The molecule has 0 unspecified atom stereocenters. The lowest BCUT2D eigenvalue weighted by molar-refractivity contribution is 0.0950. The van der Waals surface area contributed by atoms with Crippen molar-refractivity contribution in [1.82, 2.24) is 14.6 Å². The smallest absolute Gasteiger partial charge is 0.251 e. The molecule has 27 heavy (non-hydrogen) atoms. The minimum atomic E-state index is -3.70. The molecule has 0 saturated carbocycles. The van der Waals surface area contributed by atoms with E-state index >= 15 is 0 Å². The molecule has 0 spiro atoms. The van der Waals surface area contributed by atoms with E-state index in [4.69, 9.17) is 4.74 Å². The number of pyridine rings is 1. The van der Waals surface area contributed by atoms with E-state index in [1.165, 1.54) is 10.4 Å². The first-order valence-electron chi connectivity index (χ1n) is 8.97. The number of carbonyl (C=O) groups is 1. The van der Waals surface area contributed by atoms with Crippen LogP contribution in [-0.2, 0) is 16.6 Å². The molecule has 1 saturated heterocycles. The van der Waals surface area contributed by atoms with Crippen LogP contribution in [0.3, 0.4) is 0 Å². The Bertz CT molecular complexity index is 894. The van der Waals surface area contributed by atoms with Crippen molar-refractivity contribution in [2.45, 2.75) is 31.2 Å². The summed E-state index contributed by atoms with van der Waals surface area (Å²) in [5, 5.41) is 2.76. The topological polar surface area (TPSA) is 88.6 Å². The standard InChI is InChI=1S/C19H23N3O4S/c1-2-26-17-9-8-15(19(23)21-14-16-7-3-4-10-20-16)13-18(17)27(24,25)22-11-5-6-12-22/h3-4,7-10,13H,2,5-6,11-12,14H2,1H3,(H,21,23). The summed E-state index contributed by atoms with van der Waals surface area (Å²) >= 11 is 0. The summed E-state index contributed by atoms with van der Waals surface area (Å²) < 4.78 is 32.9. The molecule has 0 aliphatic carbocycles. The fraction of sp³-hybridized carbons (Fsp3) is 0.368. The molecular weight excluding hydrogens is 366 g/mol. The normalized spacial score (nSPS) is 14.9. The molecule has 3 rings (SSSR count). The molecule has 1 aromatic heterocycles. The first kappa shape index (κ1) is 19.3. The number of rotatable bonds is 7. The average Bonchev–Trinajstić information content (AvgIpc) is 3.23. The highest BCUT2D eigenvalue weighted by Gasteiger charge is 2.30. The van der Waals surface area contributed by atoms with Crippen molar-refractivity contribution in [3.63, 3.8) is 0 Å². The van der Waals surface area contributed by atoms with E-state index in [1.807, 2.05) is 12.1 Å². The summed E-state index contributed by atoms with van der Waals surface area (Å²) in [6.45, 7) is 3.38. The van der Waals surface area contributed by atoms with Gasteiger partial charge in [0.2, 0.25) is 10.0 Å². The molecule has 0 bridgehead atoms. The Balaban J connectivity index is 1.85. The predicted octanol–water partition coefficient (Wildman–Crippen LogP) is 2.19. The van der Waals surface area contributed by atoms with E-state index in [-0.39, 0.29) is 28.7 Å². The number of benzene rings is 1. The maximum Gasteiger partial charge on any atom is 0.251 e. The largest absolute Gasteiger partial charge is 0.492 e. The minimum Gasteiger partial charge on any atom is -0.492 e. The van der Waals surface area contributed by atoms with Gasteiger partial charge in [-0.05, 0) is 50.1 Å². The number of carbonyl (C=O) groups excluding carboxylic acids is 1. The number of nitrogens with zero attached hydrogens (tertiary/aromatic N) is 2. The molecule has 1 fully saturated rings. The van der Waals surface area contributed by atoms with Crippen LogP contribution in [0.2, 0.25) is 0 Å². The second-order valence-corrected chi connectivity index (χ2v) is 8.12. The maximum absolute atomic E-state index is 13.0. The number of ether oxygens (including phenoxy) is 1. The van der Waals surface area contributed by atoms with E-state index in [0.29, 0.717) is 19.7 Å². The fourth-order valence-corrected chi connectivity index (χ4v) is 4.64. The third-order valence-corrected chi connectivity index (χ3v) is 6.26. The Morgan fingerprint density at radius 2 is 2.00 bits per heavy atom. The molecule has 1 amide bonds. The summed E-state index contributed by atoms with van der Waals surface area (Å²) in [4.78, 5) is 16.7. The Hall–Kier alpha value is -2.45. The number of amides is 1. The SMILES string of the molecule is CCOc1ccc(C(=O)NCc2ccccn2)cc1S(=O)(=O)N1CCCC1. The Morgan fingerprint density at radius 3 is 2.67 bits per heavy atom. The molecule has 2 aromatic rings. The van der Waals surface area contributed by atoms with Gasteiger partial charge in [-0.3, -0.25) is 9.78 Å². The van der Waals surface area contributed by atoms with Crippen molar-refractivity contribution in [3.8, 4) is 5.75 Å². The highest BCUT2D eigenvalue weighted by Crippen LogP contribution is 2.30. The molecule has 1 aliphatic rings. The van der Waals surface area contributed by atoms with Crippen LogP contribution in [0.4, 0.5) is 0 Å². The number of nitrogens with one attached hydrogen (secondary N) is 1. The van der Waals surface area contributed by atoms with Crippen LogP contribution in [0.15, 0.2) is 47.5 Å². The van der Waals surface area contributed by atoms with Gasteiger partial charge in [-0.1, -0.05) is 6.07 Å². The highest BCUT2D eigenvalue weighted by molar-refractivity contribution is 7.89. The number of hydrogen-bond donors (Lipinski definition) is 1. The van der Waals surface area contributed by atoms with Crippen LogP contribution < -0.4 is 10.1 Å². The summed E-state index contributed by atoms with van der Waals surface area (Å²) in [6, 6.07) is 9.96. The van der Waals surface area contributed by atoms with Crippen molar-refractivity contribution in [3.05, 3.63) is 53.9 Å². The second-order valence-electron chi connectivity index (χ2n) is 6.21. The molecule has 1 aliphatic heterocycles. The van der Waals surface area contributed by atoms with Crippen LogP contribution in [0.1, 0.15) is 35.8 Å². The van der Waals surface area contributed by atoms with Gasteiger partial charge in [0.25, 0.3) is 5.91 Å². The van der Waals surface area contributed by atoms with Gasteiger partial charge in [0, 0.05) is 24.8 Å². The Labute approximate surface area is 159 Å². The van der Waals surface area contributed by atoms with E-state index in [2.05, 4.69) is 10.3 Å². The monoisotopic (exact) mass is 389 g/mol. The van der Waals surface area contributed by atoms with Gasteiger partial charge in [0.15, 0.2) is 0 Å². The zero-order valence-electron chi connectivity index (χ0n) is 15.2. The van der Waals surface area contributed by atoms with Gasteiger partial charge in [-0.2, -0.15) is 4.31 Å². The molecule has 0 radical (unpaired) electrons. The molecule has 7 nitrogen and oxygen atoms in total. The van der Waals surface area contributed by atoms with Gasteiger partial charge in [0.1, 0.15) is 10.6 Å². The minimum absolute atomic E-state index is 0.0386. The van der Waals surface area contributed by atoms with Crippen LogP contribution in [0.25, 0.3) is 0 Å². The Morgan fingerprint density at radius 1 is 1.22 bits per heavy atom. The second kappa shape index (κ2) is 8.49. The predicted molar refractivity (Wildman–Crippen MR) is 101 cm³/mol. The van der Waals surface area contributed by atoms with Crippen LogP contribution in [0, 0.1) is 0 Å². The lowest BCUT2D eigenvalue weighted by Crippen LogP contribution is -2.29. The molecule has 0 atom stereocenters. The zero-order chi connectivity index (χ0) is 19.3. The van der Waals surface area contributed by atoms with Gasteiger partial charge >= 0.3 is 0 Å². The van der Waals surface area contributed by atoms with Crippen molar-refractivity contribution >= 4 is 15.9 Å². The molecule has 1 aromatic carbocycles. The van der Waals surface area contributed by atoms with E-state index in [9.17, 15) is 13.2 Å². The van der Waals surface area contributed by atoms with Crippen molar-refractivity contribution in [1.29, 1.82) is 0 Å². The summed E-state index contributed by atoms with van der Waals surface area (Å²) in [6.07, 6.45) is 3.33. The molecule has 1 N–H and O–H groups in total. The van der Waals surface area contributed by atoms with Gasteiger partial charge < -0.3 is 10.1 Å². The maximum atomic E-state index is 13.0. The fourth-order valence-electron chi connectivity index (χ4n) is 2.97. The van der Waals surface area contributed by atoms with Crippen LogP contribution in [0.5, 0.6) is 5.75 Å². The third-order valence-electron chi connectivity index (χ3n) is 4.34. The third kappa shape index (κ3) is 4.45. The van der Waals surface area contributed by atoms with E-state index < -0.39 is 10.0 Å². The quantitative estimate of drug-likeness (QED) is 0.784. The molecule has 2 heterocycles. The molecular formula is C19H23N3O4S. The van der Waals surface area contributed by atoms with Gasteiger partial charge in [0.05, 0.1) is 18.8 Å². The molecule has 144 valence electrons. The number of hydrogen-bond acceptors (Lipinski definition) is 5. The Kier molecular flexibility index (Phi) is 6.08. The van der Waals surface area contributed by atoms with Crippen molar-refractivity contribution < 1.29 is 17.9 Å². The summed E-state index contributed by atoms with van der Waals surface area (Å²) in [5.74, 6) is -0.0905. The number of aromatic nitrogens is 1. The van der Waals surface area contributed by atoms with Crippen LogP contribution in [-0.4, -0.2) is 43.3 Å². The van der Waals surface area contributed by atoms with Gasteiger partial charge in [-0.15, -0.1) is 0 Å².